The standard InChI is InChI=1S/C21H30O8S2/c1-20-9-7-12(22)11-15(20)18(28-30(3,24)25)19(29-31(4,26)27)17-13-5-6-16(23)21(13,2)10-8-14(17)20/h11,13-14,17-19H,5-10H2,1-4H3/t13-,14-,17-,18+,19-,20+,21-/m0/s1. The highest BCUT2D eigenvalue weighted by Gasteiger charge is 2.65. The lowest BCUT2D eigenvalue weighted by Gasteiger charge is -2.60. The van der Waals surface area contributed by atoms with E-state index in [4.69, 9.17) is 8.37 Å². The second-order valence-electron chi connectivity index (χ2n) is 10.2. The third-order valence-electron chi connectivity index (χ3n) is 8.28. The van der Waals surface area contributed by atoms with Crippen molar-refractivity contribution < 1.29 is 34.8 Å². The first-order valence-electron chi connectivity index (χ1n) is 10.7. The molecule has 4 rings (SSSR count). The zero-order valence-electron chi connectivity index (χ0n) is 18.3. The topological polar surface area (TPSA) is 121 Å². The van der Waals surface area contributed by atoms with Crippen molar-refractivity contribution >= 4 is 31.8 Å². The molecule has 0 N–H and O–H groups in total. The Balaban J connectivity index is 1.92. The molecule has 0 spiro atoms. The van der Waals surface area contributed by atoms with Gasteiger partial charge in [-0.15, -0.1) is 0 Å². The summed E-state index contributed by atoms with van der Waals surface area (Å²) in [6, 6.07) is 0. The van der Waals surface area contributed by atoms with Gasteiger partial charge in [0.1, 0.15) is 18.0 Å². The van der Waals surface area contributed by atoms with Gasteiger partial charge in [0.2, 0.25) is 0 Å². The molecule has 31 heavy (non-hydrogen) atoms. The lowest BCUT2D eigenvalue weighted by molar-refractivity contribution is -0.145. The second-order valence-corrected chi connectivity index (χ2v) is 13.4. The smallest absolute Gasteiger partial charge is 0.265 e. The molecule has 8 nitrogen and oxygen atoms in total. The molecule has 0 heterocycles. The third kappa shape index (κ3) is 3.83. The van der Waals surface area contributed by atoms with E-state index in [0.717, 1.165) is 12.5 Å². The van der Waals surface area contributed by atoms with Crippen LogP contribution in [0.5, 0.6) is 0 Å². The normalized spacial score (nSPS) is 43.1. The monoisotopic (exact) mass is 474 g/mol. The van der Waals surface area contributed by atoms with Crippen LogP contribution in [0.15, 0.2) is 11.6 Å². The number of carbonyl (C=O) groups excluding carboxylic acids is 2. The summed E-state index contributed by atoms with van der Waals surface area (Å²) in [4.78, 5) is 25.1. The van der Waals surface area contributed by atoms with Crippen LogP contribution in [0.4, 0.5) is 0 Å². The van der Waals surface area contributed by atoms with Crippen LogP contribution in [0.25, 0.3) is 0 Å². The van der Waals surface area contributed by atoms with Crippen molar-refractivity contribution in [1.29, 1.82) is 0 Å². The summed E-state index contributed by atoms with van der Waals surface area (Å²) in [5.74, 6) is -0.515. The van der Waals surface area contributed by atoms with Gasteiger partial charge in [-0.3, -0.25) is 18.0 Å². The van der Waals surface area contributed by atoms with Crippen LogP contribution >= 0.6 is 0 Å². The molecule has 10 heteroatoms. The van der Waals surface area contributed by atoms with Crippen LogP contribution in [0, 0.1) is 28.6 Å². The van der Waals surface area contributed by atoms with Crippen molar-refractivity contribution in [3.8, 4) is 0 Å². The Morgan fingerprint density at radius 3 is 2.10 bits per heavy atom. The van der Waals surface area contributed by atoms with Gasteiger partial charge in [0.15, 0.2) is 5.78 Å². The molecule has 0 aromatic carbocycles. The maximum Gasteiger partial charge on any atom is 0.265 e. The highest BCUT2D eigenvalue weighted by molar-refractivity contribution is 7.86. The largest absolute Gasteiger partial charge is 0.299 e. The lowest BCUT2D eigenvalue weighted by Crippen LogP contribution is -2.62. The molecule has 174 valence electrons. The van der Waals surface area contributed by atoms with E-state index in [-0.39, 0.29) is 29.3 Å². The summed E-state index contributed by atoms with van der Waals surface area (Å²) in [5.41, 5.74) is -0.618. The molecule has 0 aromatic heterocycles. The molecule has 4 aliphatic carbocycles. The highest BCUT2D eigenvalue weighted by atomic mass is 32.2. The van der Waals surface area contributed by atoms with Crippen molar-refractivity contribution in [2.75, 3.05) is 12.5 Å². The van der Waals surface area contributed by atoms with E-state index in [1.807, 2.05) is 13.8 Å². The molecule has 4 aliphatic rings. The molecular weight excluding hydrogens is 444 g/mol. The molecule has 0 unspecified atom stereocenters. The van der Waals surface area contributed by atoms with Crippen LogP contribution < -0.4 is 0 Å². The fourth-order valence-electron chi connectivity index (χ4n) is 6.90. The van der Waals surface area contributed by atoms with Gasteiger partial charge in [-0.05, 0) is 60.5 Å². The molecule has 3 saturated carbocycles. The van der Waals surface area contributed by atoms with Crippen molar-refractivity contribution in [2.45, 2.75) is 64.6 Å². The molecular formula is C21H30O8S2. The molecule has 0 amide bonds. The molecule has 0 aromatic rings. The zero-order chi connectivity index (χ0) is 23.0. The Morgan fingerprint density at radius 1 is 0.871 bits per heavy atom. The van der Waals surface area contributed by atoms with Gasteiger partial charge >= 0.3 is 0 Å². The number of carbonyl (C=O) groups is 2. The molecule has 7 atom stereocenters. The predicted octanol–water partition coefficient (Wildman–Crippen LogP) is 2.00. The fraction of sp³-hybridized carbons (Fsp3) is 0.810. The lowest BCUT2D eigenvalue weighted by atomic mass is 9.46. The third-order valence-corrected chi connectivity index (χ3v) is 9.40. The summed E-state index contributed by atoms with van der Waals surface area (Å²) in [7, 11) is -7.95. The minimum Gasteiger partial charge on any atom is -0.299 e. The molecule has 0 saturated heterocycles. The molecule has 0 radical (unpaired) electrons. The first-order valence-corrected chi connectivity index (χ1v) is 14.3. The minimum absolute atomic E-state index is 0.0398. The van der Waals surface area contributed by atoms with E-state index in [1.165, 1.54) is 6.08 Å². The van der Waals surface area contributed by atoms with E-state index in [2.05, 4.69) is 0 Å². The van der Waals surface area contributed by atoms with Gasteiger partial charge in [0.05, 0.1) is 12.5 Å². The Morgan fingerprint density at radius 2 is 1.48 bits per heavy atom. The maximum atomic E-state index is 12.8. The number of ketones is 2. The first kappa shape index (κ1) is 23.1. The summed E-state index contributed by atoms with van der Waals surface area (Å²) in [6.45, 7) is 3.95. The van der Waals surface area contributed by atoms with Gasteiger partial charge in [-0.25, -0.2) is 0 Å². The van der Waals surface area contributed by atoms with E-state index in [0.29, 0.717) is 44.1 Å². The summed E-state index contributed by atoms with van der Waals surface area (Å²) >= 11 is 0. The van der Waals surface area contributed by atoms with Gasteiger partial charge in [-0.1, -0.05) is 13.8 Å². The summed E-state index contributed by atoms with van der Waals surface area (Å²) < 4.78 is 59.8. The van der Waals surface area contributed by atoms with Gasteiger partial charge in [0.25, 0.3) is 20.2 Å². The molecule has 0 bridgehead atoms. The Hall–Kier alpha value is -1.10. The van der Waals surface area contributed by atoms with E-state index >= 15 is 0 Å². The maximum absolute atomic E-state index is 12.8. The zero-order valence-corrected chi connectivity index (χ0v) is 19.9. The van der Waals surface area contributed by atoms with Crippen molar-refractivity contribution in [3.63, 3.8) is 0 Å². The van der Waals surface area contributed by atoms with Crippen LogP contribution in [0.1, 0.15) is 52.4 Å². The van der Waals surface area contributed by atoms with Crippen LogP contribution in [0.3, 0.4) is 0 Å². The number of hydrogen-bond donors (Lipinski definition) is 0. The summed E-state index contributed by atoms with van der Waals surface area (Å²) in [5, 5.41) is 0. The van der Waals surface area contributed by atoms with E-state index in [9.17, 15) is 26.4 Å². The average molecular weight is 475 g/mol. The van der Waals surface area contributed by atoms with Crippen molar-refractivity contribution in [3.05, 3.63) is 11.6 Å². The number of rotatable bonds is 4. The predicted molar refractivity (Wildman–Crippen MR) is 112 cm³/mol. The van der Waals surface area contributed by atoms with E-state index < -0.39 is 43.3 Å². The number of fused-ring (bicyclic) bond motifs is 5. The van der Waals surface area contributed by atoms with Crippen LogP contribution in [-0.2, 0) is 38.2 Å². The van der Waals surface area contributed by atoms with Crippen molar-refractivity contribution in [2.24, 2.45) is 28.6 Å². The van der Waals surface area contributed by atoms with Gasteiger partial charge in [-0.2, -0.15) is 16.8 Å². The highest BCUT2D eigenvalue weighted by Crippen LogP contribution is 2.65. The van der Waals surface area contributed by atoms with Crippen molar-refractivity contribution in [1.82, 2.24) is 0 Å². The summed E-state index contributed by atoms with van der Waals surface area (Å²) in [6.07, 6.45) is 4.21. The Bertz CT molecular complexity index is 1060. The fourth-order valence-corrected chi connectivity index (χ4v) is 8.13. The quantitative estimate of drug-likeness (QED) is 0.567. The number of Topliss-reactive ketones (excluding diaryl/α,β-unsaturated/α-hetero) is 1. The number of hydrogen-bond acceptors (Lipinski definition) is 8. The molecule has 0 aliphatic heterocycles. The van der Waals surface area contributed by atoms with Crippen LogP contribution in [0.2, 0.25) is 0 Å². The Kier molecular flexibility index (Phi) is 5.36. The minimum atomic E-state index is -3.99. The first-order chi connectivity index (χ1) is 14.2. The molecule has 3 fully saturated rings. The van der Waals surface area contributed by atoms with Gasteiger partial charge < -0.3 is 0 Å². The van der Waals surface area contributed by atoms with Gasteiger partial charge in [0, 0.05) is 18.3 Å². The van der Waals surface area contributed by atoms with E-state index in [1.54, 1.807) is 0 Å². The SMILES string of the molecule is C[C@]12CCC(=O)C=C1[C@@H](OS(C)(=O)=O)[C@@H](OS(C)(=O)=O)[C@@H]1[C@@H]2CC[C@]2(C)C(=O)CC[C@@H]12. The Labute approximate surface area is 184 Å². The van der Waals surface area contributed by atoms with Crippen LogP contribution in [-0.4, -0.2) is 53.1 Å². The second kappa shape index (κ2) is 7.20. The average Bonchev–Trinajstić information content (AvgIpc) is 2.92.